The molecule has 0 spiro atoms. The van der Waals surface area contributed by atoms with Crippen LogP contribution in [0.15, 0.2) is 206 Å². The summed E-state index contributed by atoms with van der Waals surface area (Å²) in [7, 11) is 0. The summed E-state index contributed by atoms with van der Waals surface area (Å²) in [6.07, 6.45) is 0. The molecule has 0 N–H and O–H groups in total. The molecule has 14 rings (SSSR count). The third-order valence-electron chi connectivity index (χ3n) is 17.7. The molecule has 2 heteroatoms. The Bertz CT molecular complexity index is 4090. The maximum Gasteiger partial charge on any atom is 0.0546 e. The van der Waals surface area contributed by atoms with Crippen LogP contribution in [0, 0.1) is 0 Å². The average Bonchev–Trinajstić information content (AvgIpc) is 4.12. The molecule has 0 aromatic heterocycles. The lowest BCUT2D eigenvalue weighted by Crippen LogP contribution is -2.15. The lowest BCUT2D eigenvalue weighted by molar-refractivity contribution is 0.590. The number of hydrogen-bond acceptors (Lipinski definition) is 2. The second-order valence-corrected chi connectivity index (χ2v) is 27.1. The summed E-state index contributed by atoms with van der Waals surface area (Å²) < 4.78 is 0. The molecule has 0 saturated heterocycles. The van der Waals surface area contributed by atoms with Gasteiger partial charge < -0.3 is 9.80 Å². The average molecular weight is 1040 g/mol. The summed E-state index contributed by atoms with van der Waals surface area (Å²) in [6.45, 7) is 27.7. The van der Waals surface area contributed by atoms with E-state index >= 15 is 0 Å². The first kappa shape index (κ1) is 49.8. The van der Waals surface area contributed by atoms with E-state index in [1.807, 2.05) is 0 Å². The van der Waals surface area contributed by atoms with Crippen molar-refractivity contribution in [3.05, 3.63) is 229 Å². The van der Waals surface area contributed by atoms with E-state index in [2.05, 4.69) is 299 Å². The van der Waals surface area contributed by atoms with E-state index in [9.17, 15) is 0 Å². The molecule has 0 atom stereocenters. The smallest absolute Gasteiger partial charge is 0.0546 e. The summed E-state index contributed by atoms with van der Waals surface area (Å²) >= 11 is 0. The largest absolute Gasteiger partial charge is 0.310 e. The minimum absolute atomic E-state index is 0.00194. The van der Waals surface area contributed by atoms with Gasteiger partial charge in [0.25, 0.3) is 0 Å². The van der Waals surface area contributed by atoms with Crippen molar-refractivity contribution in [1.82, 2.24) is 0 Å². The molecule has 80 heavy (non-hydrogen) atoms. The van der Waals surface area contributed by atoms with Gasteiger partial charge in [-0.05, 0) is 216 Å². The van der Waals surface area contributed by atoms with Gasteiger partial charge in [0.05, 0.1) is 11.4 Å². The number of nitrogens with zero attached hydrogens (tertiary/aromatic N) is 2. The molecule has 0 saturated carbocycles. The molecule has 0 bridgehead atoms. The highest BCUT2D eigenvalue weighted by molar-refractivity contribution is 6.29. The quantitative estimate of drug-likeness (QED) is 0.153. The van der Waals surface area contributed by atoms with E-state index in [1.54, 1.807) is 0 Å². The number of benzene rings is 12. The highest BCUT2D eigenvalue weighted by Crippen LogP contribution is 2.56. The molecule has 0 heterocycles. The minimum Gasteiger partial charge on any atom is -0.310 e. The zero-order valence-corrected chi connectivity index (χ0v) is 48.5. The van der Waals surface area contributed by atoms with Crippen LogP contribution in [-0.2, 0) is 21.7 Å². The Hall–Kier alpha value is -8.46. The van der Waals surface area contributed by atoms with Gasteiger partial charge in [0, 0.05) is 33.5 Å². The van der Waals surface area contributed by atoms with Gasteiger partial charge in [-0.15, -0.1) is 0 Å². The van der Waals surface area contributed by atoms with Crippen molar-refractivity contribution in [3.63, 3.8) is 0 Å². The van der Waals surface area contributed by atoms with Gasteiger partial charge in [-0.2, -0.15) is 0 Å². The molecule has 392 valence electrons. The predicted octanol–water partition coefficient (Wildman–Crippen LogP) is 22.9. The summed E-state index contributed by atoms with van der Waals surface area (Å²) in [5, 5.41) is 12.5. The van der Waals surface area contributed by atoms with Crippen LogP contribution in [0.25, 0.3) is 98.4 Å². The van der Waals surface area contributed by atoms with Gasteiger partial charge in [-0.25, -0.2) is 0 Å². The molecular formula is C78H70N2. The van der Waals surface area contributed by atoms with Gasteiger partial charge >= 0.3 is 0 Å². The Kier molecular flexibility index (Phi) is 10.9. The van der Waals surface area contributed by atoms with E-state index in [0.717, 1.165) is 34.1 Å². The molecule has 0 amide bonds. The third kappa shape index (κ3) is 7.89. The Labute approximate surface area is 473 Å². The number of hydrogen-bond donors (Lipinski definition) is 0. The second kappa shape index (κ2) is 17.5. The molecule has 0 radical (unpaired) electrons. The Morgan fingerprint density at radius 2 is 0.450 bits per heavy atom. The molecule has 12 aromatic carbocycles. The zero-order chi connectivity index (χ0) is 55.4. The SMILES string of the molecule is CC(C)(C)c1ccc(N(c2ccc(C(C)(C)C)cc2)c2cc3c4cc5c(cc4c(N(c4ccc(C(C)(C)C)cc4)c4ccc(C(C)(C)C)cc4)cc3c3cc4c(cc23)-c2cccc3cccc-4c23)-c2cccc3cccc-5c23)cc1. The highest BCUT2D eigenvalue weighted by atomic mass is 15.2. The number of fused-ring (bicyclic) bond motifs is 11. The first-order chi connectivity index (χ1) is 38.2. The van der Waals surface area contributed by atoms with Crippen LogP contribution < -0.4 is 9.80 Å². The van der Waals surface area contributed by atoms with Crippen molar-refractivity contribution >= 4 is 88.0 Å². The van der Waals surface area contributed by atoms with E-state index in [1.165, 1.54) is 121 Å². The third-order valence-corrected chi connectivity index (χ3v) is 17.7. The van der Waals surface area contributed by atoms with Crippen molar-refractivity contribution in [3.8, 4) is 44.5 Å². The van der Waals surface area contributed by atoms with E-state index in [0.29, 0.717) is 0 Å². The fourth-order valence-corrected chi connectivity index (χ4v) is 13.2. The van der Waals surface area contributed by atoms with Crippen LogP contribution in [-0.4, -0.2) is 0 Å². The van der Waals surface area contributed by atoms with Crippen LogP contribution >= 0.6 is 0 Å². The molecule has 2 nitrogen and oxygen atoms in total. The fraction of sp³-hybridized carbons (Fsp3) is 0.205. The zero-order valence-electron chi connectivity index (χ0n) is 48.5. The molecule has 2 aliphatic carbocycles. The maximum absolute atomic E-state index is 2.55. The van der Waals surface area contributed by atoms with Crippen molar-refractivity contribution in [2.45, 2.75) is 105 Å². The minimum atomic E-state index is 0.00194. The van der Waals surface area contributed by atoms with E-state index < -0.39 is 0 Å². The molecule has 2 aliphatic rings. The summed E-state index contributed by atoms with van der Waals surface area (Å²) in [5.74, 6) is 0. The second-order valence-electron chi connectivity index (χ2n) is 27.1. The summed E-state index contributed by atoms with van der Waals surface area (Å²) in [4.78, 5) is 5.08. The van der Waals surface area contributed by atoms with Crippen LogP contribution in [0.1, 0.15) is 105 Å². The van der Waals surface area contributed by atoms with Crippen molar-refractivity contribution < 1.29 is 0 Å². The fourth-order valence-electron chi connectivity index (χ4n) is 13.2. The molecule has 12 aromatic rings. The summed E-state index contributed by atoms with van der Waals surface area (Å²) in [5.41, 5.74) is 22.4. The predicted molar refractivity (Wildman–Crippen MR) is 347 cm³/mol. The van der Waals surface area contributed by atoms with Crippen LogP contribution in [0.5, 0.6) is 0 Å². The van der Waals surface area contributed by atoms with Gasteiger partial charge in [0.1, 0.15) is 0 Å². The van der Waals surface area contributed by atoms with Crippen LogP contribution in [0.4, 0.5) is 34.1 Å². The Balaban J connectivity index is 1.15. The standard InChI is InChI=1S/C78H70N2/c1-75(2,3)49-25-33-53(34-26-49)79(54-35-27-50(28-36-54)76(4,5)6)71-45-67-66-42-62-58-22-14-18-48-20-16-24-60(74(48)58)64(62)44-70(66)72(80(55-37-29-51(30-38-55)77(7,8)9)56-39-31-52(32-40-56)78(10,11)12)46-68(67)65-41-61-57-21-13-17-47-19-15-23-59(73(47)57)63(61)43-69(65)71/h13-46H,1-12H3. The summed E-state index contributed by atoms with van der Waals surface area (Å²) in [6, 6.07) is 80.1. The monoisotopic (exact) mass is 1030 g/mol. The molecule has 0 aliphatic heterocycles. The lowest BCUT2D eigenvalue weighted by Gasteiger charge is -2.31. The first-order valence-corrected chi connectivity index (χ1v) is 28.8. The Morgan fingerprint density at radius 3 is 0.688 bits per heavy atom. The molecular weight excluding hydrogens is 965 g/mol. The number of anilines is 6. The molecule has 0 unspecified atom stereocenters. The van der Waals surface area contributed by atoms with Gasteiger partial charge in [0.15, 0.2) is 0 Å². The highest BCUT2D eigenvalue weighted by Gasteiger charge is 2.30. The van der Waals surface area contributed by atoms with Crippen molar-refractivity contribution in [2.24, 2.45) is 0 Å². The van der Waals surface area contributed by atoms with E-state index in [4.69, 9.17) is 0 Å². The maximum atomic E-state index is 2.55. The van der Waals surface area contributed by atoms with Gasteiger partial charge in [0.2, 0.25) is 0 Å². The van der Waals surface area contributed by atoms with Gasteiger partial charge in [-0.1, -0.05) is 204 Å². The van der Waals surface area contributed by atoms with Gasteiger partial charge in [-0.3, -0.25) is 0 Å². The van der Waals surface area contributed by atoms with Crippen LogP contribution in [0.3, 0.4) is 0 Å². The van der Waals surface area contributed by atoms with Crippen molar-refractivity contribution in [2.75, 3.05) is 9.80 Å². The van der Waals surface area contributed by atoms with E-state index in [-0.39, 0.29) is 21.7 Å². The normalized spacial score (nSPS) is 13.0. The topological polar surface area (TPSA) is 6.48 Å². The Morgan fingerprint density at radius 1 is 0.225 bits per heavy atom. The molecule has 0 fully saturated rings. The lowest BCUT2D eigenvalue weighted by atomic mass is 9.86. The first-order valence-electron chi connectivity index (χ1n) is 28.8. The number of rotatable bonds is 6. The van der Waals surface area contributed by atoms with Crippen LogP contribution in [0.2, 0.25) is 0 Å². The van der Waals surface area contributed by atoms with Crippen molar-refractivity contribution in [1.29, 1.82) is 0 Å².